The van der Waals surface area contributed by atoms with Gasteiger partial charge in [0.25, 0.3) is 0 Å². The van der Waals surface area contributed by atoms with Crippen LogP contribution in [-0.4, -0.2) is 32.7 Å². The molecule has 0 bridgehead atoms. The summed E-state index contributed by atoms with van der Waals surface area (Å²) in [5, 5.41) is 9.16. The highest BCUT2D eigenvalue weighted by Gasteiger charge is 2.09. The summed E-state index contributed by atoms with van der Waals surface area (Å²) >= 11 is 0. The number of pyridine rings is 1. The molecule has 6 heteroatoms. The molecule has 0 saturated heterocycles. The number of esters is 1. The second kappa shape index (κ2) is 5.99. The van der Waals surface area contributed by atoms with Gasteiger partial charge in [0.2, 0.25) is 0 Å². The lowest BCUT2D eigenvalue weighted by Gasteiger charge is -2.02. The van der Waals surface area contributed by atoms with E-state index in [4.69, 9.17) is 5.11 Å². The summed E-state index contributed by atoms with van der Waals surface area (Å²) in [7, 11) is 3.11. The van der Waals surface area contributed by atoms with Crippen molar-refractivity contribution in [3.05, 3.63) is 47.3 Å². The minimum absolute atomic E-state index is 0.119. The van der Waals surface area contributed by atoms with E-state index in [0.717, 1.165) is 5.69 Å². The Balaban J connectivity index is 2.39. The summed E-state index contributed by atoms with van der Waals surface area (Å²) in [4.78, 5) is 19.4. The van der Waals surface area contributed by atoms with Gasteiger partial charge in [-0.05, 0) is 18.1 Å². The lowest BCUT2D eigenvalue weighted by Crippen LogP contribution is -2.07. The first kappa shape index (κ1) is 13.8. The molecule has 0 atom stereocenters. The first-order valence-electron chi connectivity index (χ1n) is 5.82. The highest BCUT2D eigenvalue weighted by molar-refractivity contribution is 5.87. The van der Waals surface area contributed by atoms with Crippen LogP contribution in [0.2, 0.25) is 0 Å². The first-order valence-corrected chi connectivity index (χ1v) is 5.82. The summed E-state index contributed by atoms with van der Waals surface area (Å²) in [5.41, 5.74) is 1.80. The molecular formula is C14H13N3O3. The van der Waals surface area contributed by atoms with Crippen LogP contribution >= 0.6 is 0 Å². The van der Waals surface area contributed by atoms with Crippen molar-refractivity contribution in [2.75, 3.05) is 7.11 Å². The predicted molar refractivity (Wildman–Crippen MR) is 70.7 cm³/mol. The quantitative estimate of drug-likeness (QED) is 0.635. The molecule has 6 nitrogen and oxygen atoms in total. The van der Waals surface area contributed by atoms with Crippen LogP contribution in [0.3, 0.4) is 0 Å². The Morgan fingerprint density at radius 2 is 2.25 bits per heavy atom. The van der Waals surface area contributed by atoms with Crippen molar-refractivity contribution in [2.45, 2.75) is 6.61 Å². The van der Waals surface area contributed by atoms with Crippen molar-refractivity contribution in [2.24, 2.45) is 7.05 Å². The van der Waals surface area contributed by atoms with Crippen LogP contribution < -0.4 is 0 Å². The van der Waals surface area contributed by atoms with Crippen molar-refractivity contribution in [3.63, 3.8) is 0 Å². The van der Waals surface area contributed by atoms with Crippen LogP contribution in [0.4, 0.5) is 0 Å². The van der Waals surface area contributed by atoms with Crippen LogP contribution in [0.1, 0.15) is 27.4 Å². The molecule has 0 unspecified atom stereocenters. The Bertz CT molecular complexity index is 695. The van der Waals surface area contributed by atoms with Gasteiger partial charge >= 0.3 is 5.97 Å². The summed E-state index contributed by atoms with van der Waals surface area (Å²) in [6, 6.07) is 3.14. The molecule has 0 fully saturated rings. The number of imidazole rings is 1. The number of carbonyl (C=O) groups is 1. The second-order valence-electron chi connectivity index (χ2n) is 4.02. The second-order valence-corrected chi connectivity index (χ2v) is 4.02. The molecule has 0 radical (unpaired) electrons. The molecule has 1 N–H and O–H groups in total. The Hall–Kier alpha value is -2.65. The Morgan fingerprint density at radius 1 is 1.45 bits per heavy atom. The number of hydrogen-bond acceptors (Lipinski definition) is 5. The fourth-order valence-corrected chi connectivity index (χ4v) is 1.56. The van der Waals surface area contributed by atoms with Crippen molar-refractivity contribution >= 4 is 5.97 Å². The fourth-order valence-electron chi connectivity index (χ4n) is 1.56. The van der Waals surface area contributed by atoms with Gasteiger partial charge in [0.05, 0.1) is 31.9 Å². The molecule has 0 amide bonds. The van der Waals surface area contributed by atoms with E-state index in [-0.39, 0.29) is 12.3 Å². The van der Waals surface area contributed by atoms with Gasteiger partial charge < -0.3 is 14.4 Å². The van der Waals surface area contributed by atoms with Crippen LogP contribution in [0, 0.1) is 11.8 Å². The zero-order chi connectivity index (χ0) is 14.5. The third-order valence-electron chi connectivity index (χ3n) is 2.59. The molecule has 2 aromatic rings. The van der Waals surface area contributed by atoms with Gasteiger partial charge in [0.1, 0.15) is 11.4 Å². The molecule has 2 heterocycles. The van der Waals surface area contributed by atoms with E-state index in [0.29, 0.717) is 11.3 Å². The van der Waals surface area contributed by atoms with Crippen molar-refractivity contribution < 1.29 is 14.6 Å². The third-order valence-corrected chi connectivity index (χ3v) is 2.59. The molecule has 0 aliphatic carbocycles. The molecule has 0 saturated carbocycles. The fraction of sp³-hybridized carbons (Fsp3) is 0.214. The SMILES string of the molecule is COC(=O)c1cc(C#Cc2cncn2C)cc(CO)n1. The van der Waals surface area contributed by atoms with Gasteiger partial charge in [0.15, 0.2) is 0 Å². The molecule has 0 aromatic carbocycles. The van der Waals surface area contributed by atoms with E-state index < -0.39 is 5.97 Å². The van der Waals surface area contributed by atoms with E-state index in [9.17, 15) is 4.79 Å². The Morgan fingerprint density at radius 3 is 2.85 bits per heavy atom. The van der Waals surface area contributed by atoms with Crippen molar-refractivity contribution in [1.82, 2.24) is 14.5 Å². The monoisotopic (exact) mass is 271 g/mol. The predicted octanol–water partition coefficient (Wildman–Crippen LogP) is 0.494. The summed E-state index contributed by atoms with van der Waals surface area (Å²) in [6.45, 7) is -0.273. The van der Waals surface area contributed by atoms with Crippen LogP contribution in [0.15, 0.2) is 24.7 Å². The third kappa shape index (κ3) is 3.02. The molecule has 2 rings (SSSR count). The zero-order valence-corrected chi connectivity index (χ0v) is 11.1. The van der Waals surface area contributed by atoms with E-state index in [1.165, 1.54) is 13.2 Å². The molecule has 0 aliphatic rings. The number of aryl methyl sites for hydroxylation is 1. The largest absolute Gasteiger partial charge is 0.464 e. The smallest absolute Gasteiger partial charge is 0.356 e. The summed E-state index contributed by atoms with van der Waals surface area (Å²) in [6.07, 6.45) is 3.29. The Labute approximate surface area is 116 Å². The molecule has 2 aromatic heterocycles. The molecule has 20 heavy (non-hydrogen) atoms. The summed E-state index contributed by atoms with van der Waals surface area (Å²) < 4.78 is 6.40. The first-order chi connectivity index (χ1) is 9.63. The lowest BCUT2D eigenvalue weighted by atomic mass is 10.2. The van der Waals surface area contributed by atoms with Crippen molar-refractivity contribution in [1.29, 1.82) is 0 Å². The van der Waals surface area contributed by atoms with Gasteiger partial charge in [0, 0.05) is 12.6 Å². The van der Waals surface area contributed by atoms with Gasteiger partial charge in [-0.1, -0.05) is 5.92 Å². The van der Waals surface area contributed by atoms with Crippen LogP contribution in [0.25, 0.3) is 0 Å². The number of aliphatic hydroxyl groups is 1. The van der Waals surface area contributed by atoms with E-state index in [2.05, 4.69) is 26.5 Å². The average molecular weight is 271 g/mol. The maximum Gasteiger partial charge on any atom is 0.356 e. The highest BCUT2D eigenvalue weighted by Crippen LogP contribution is 2.07. The minimum Gasteiger partial charge on any atom is -0.464 e. The molecule has 102 valence electrons. The highest BCUT2D eigenvalue weighted by atomic mass is 16.5. The van der Waals surface area contributed by atoms with Gasteiger partial charge in [-0.25, -0.2) is 14.8 Å². The number of nitrogens with zero attached hydrogens (tertiary/aromatic N) is 3. The molecular weight excluding hydrogens is 258 g/mol. The van der Waals surface area contributed by atoms with Gasteiger partial charge in [-0.2, -0.15) is 0 Å². The van der Waals surface area contributed by atoms with Gasteiger partial charge in [-0.3, -0.25) is 0 Å². The molecule has 0 aliphatic heterocycles. The number of rotatable bonds is 2. The maximum atomic E-state index is 11.5. The van der Waals surface area contributed by atoms with Crippen LogP contribution in [-0.2, 0) is 18.4 Å². The topological polar surface area (TPSA) is 77.2 Å². The number of carbonyl (C=O) groups excluding carboxylic acids is 1. The van der Waals surface area contributed by atoms with E-state index in [1.807, 2.05) is 7.05 Å². The van der Waals surface area contributed by atoms with Crippen molar-refractivity contribution in [3.8, 4) is 11.8 Å². The number of hydrogen-bond donors (Lipinski definition) is 1. The lowest BCUT2D eigenvalue weighted by molar-refractivity contribution is 0.0593. The maximum absolute atomic E-state index is 11.5. The van der Waals surface area contributed by atoms with Crippen LogP contribution in [0.5, 0.6) is 0 Å². The zero-order valence-electron chi connectivity index (χ0n) is 11.1. The minimum atomic E-state index is -0.566. The number of methoxy groups -OCH3 is 1. The Kier molecular flexibility index (Phi) is 4.13. The standard InChI is InChI=1S/C14H13N3O3/c1-17-9-15-7-12(17)4-3-10-5-11(8-18)16-13(6-10)14(19)20-2/h5-7,9,18H,8H2,1-2H3. The summed E-state index contributed by atoms with van der Waals surface area (Å²) in [5.74, 6) is 5.28. The van der Waals surface area contributed by atoms with E-state index in [1.54, 1.807) is 23.2 Å². The normalized spacial score (nSPS) is 9.75. The number of aromatic nitrogens is 3. The molecule has 0 spiro atoms. The number of aliphatic hydroxyl groups excluding tert-OH is 1. The number of ether oxygens (including phenoxy) is 1. The van der Waals surface area contributed by atoms with Gasteiger partial charge in [-0.15, -0.1) is 0 Å². The average Bonchev–Trinajstić information content (AvgIpc) is 2.89. The van der Waals surface area contributed by atoms with E-state index >= 15 is 0 Å².